The van der Waals surface area contributed by atoms with Gasteiger partial charge in [-0.1, -0.05) is 143 Å². The molecule has 0 atom stereocenters. The number of carbonyl (C=O) groups excluding carboxylic acids is 6. The van der Waals surface area contributed by atoms with Crippen LogP contribution < -0.4 is 0 Å². The quantitative estimate of drug-likeness (QED) is 0.114. The van der Waals surface area contributed by atoms with Gasteiger partial charge < -0.3 is 14.9 Å². The summed E-state index contributed by atoms with van der Waals surface area (Å²) >= 11 is 0. The van der Waals surface area contributed by atoms with Crippen LogP contribution in [-0.4, -0.2) is 71.3 Å². The summed E-state index contributed by atoms with van der Waals surface area (Å²) in [5, 5.41) is 0. The molecule has 0 N–H and O–H groups in total. The molecule has 5 aromatic carbocycles. The average Bonchev–Trinajstić information content (AvgIpc) is 3.69. The summed E-state index contributed by atoms with van der Waals surface area (Å²) in [7, 11) is 4.47. The number of fused-ring (bicyclic) bond motifs is 3. The third-order valence-corrected chi connectivity index (χ3v) is 7.32. The van der Waals surface area contributed by atoms with E-state index in [2.05, 4.69) is 13.8 Å². The summed E-state index contributed by atoms with van der Waals surface area (Å²) in [6.07, 6.45) is 1.25. The van der Waals surface area contributed by atoms with Gasteiger partial charge in [0.1, 0.15) is 0 Å². The van der Waals surface area contributed by atoms with Crippen molar-refractivity contribution < 1.29 is 61.5 Å². The van der Waals surface area contributed by atoms with Crippen LogP contribution in [0.5, 0.6) is 0 Å². The first kappa shape index (κ1) is 52.7. The van der Waals surface area contributed by atoms with Gasteiger partial charge in [-0.05, 0) is 36.4 Å². The number of hydrogen-bond donors (Lipinski definition) is 0. The largest absolute Gasteiger partial charge is 0.358 e. The number of imide groups is 3. The molecule has 56 heavy (non-hydrogen) atoms. The van der Waals surface area contributed by atoms with Crippen LogP contribution in [-0.2, 0) is 32.7 Å². The van der Waals surface area contributed by atoms with E-state index in [1.807, 2.05) is 86.6 Å². The Morgan fingerprint density at radius 2 is 0.429 bits per heavy atom. The zero-order valence-corrected chi connectivity index (χ0v) is 36.8. The molecule has 1 radical (unpaired) electrons. The summed E-state index contributed by atoms with van der Waals surface area (Å²) in [6, 6.07) is 44.5. The maximum Gasteiger partial charge on any atom is 0.261 e. The Morgan fingerprint density at radius 3 is 0.536 bits per heavy atom. The fourth-order valence-corrected chi connectivity index (χ4v) is 4.70. The SMILES string of the molecule is CC.CCC.CN1C(=O)c2ccccc2C1=O.CN1C(=O)c2ccccc2C1=O.CN1C(=O)c2ccccc2C1=O.[CH3-].[CH3-].[Y].c1ccccc1.c1ccccc1. The van der Waals surface area contributed by atoms with E-state index in [-0.39, 0.29) is 83.0 Å². The van der Waals surface area contributed by atoms with E-state index in [1.165, 1.54) is 27.6 Å². The Bertz CT molecular complexity index is 1600. The van der Waals surface area contributed by atoms with Crippen molar-refractivity contribution in [3.05, 3.63) is 194 Å². The smallest absolute Gasteiger partial charge is 0.261 e. The molecule has 0 aliphatic carbocycles. The van der Waals surface area contributed by atoms with Gasteiger partial charge in [0.2, 0.25) is 0 Å². The van der Waals surface area contributed by atoms with E-state index in [0.717, 1.165) is 14.7 Å². The molecule has 6 amide bonds. The molecule has 0 saturated carbocycles. The minimum absolute atomic E-state index is 0. The summed E-state index contributed by atoms with van der Waals surface area (Å²) in [4.78, 5) is 71.3. The zero-order chi connectivity index (χ0) is 39.3. The number of benzene rings is 5. The molecule has 3 heterocycles. The van der Waals surface area contributed by atoms with Crippen molar-refractivity contribution >= 4 is 35.4 Å². The van der Waals surface area contributed by atoms with Crippen LogP contribution >= 0.6 is 0 Å². The van der Waals surface area contributed by atoms with Gasteiger partial charge >= 0.3 is 0 Å². The predicted molar refractivity (Wildman–Crippen MR) is 222 cm³/mol. The number of rotatable bonds is 0. The molecule has 9 nitrogen and oxygen atoms in total. The molecule has 0 unspecified atom stereocenters. The predicted octanol–water partition coefficient (Wildman–Crippen LogP) is 9.45. The van der Waals surface area contributed by atoms with Crippen molar-refractivity contribution in [1.29, 1.82) is 0 Å². The third kappa shape index (κ3) is 14.4. The van der Waals surface area contributed by atoms with Crippen molar-refractivity contribution in [2.45, 2.75) is 34.1 Å². The van der Waals surface area contributed by atoms with Crippen molar-refractivity contribution in [2.24, 2.45) is 0 Å². The zero-order valence-electron chi connectivity index (χ0n) is 33.9. The molecule has 0 fully saturated rings. The fraction of sp³-hybridized carbons (Fsp3) is 0.174. The van der Waals surface area contributed by atoms with Crippen LogP contribution in [0.25, 0.3) is 0 Å². The van der Waals surface area contributed by atoms with Crippen LogP contribution in [0.2, 0.25) is 0 Å². The minimum atomic E-state index is -0.212. The van der Waals surface area contributed by atoms with Crippen molar-refractivity contribution in [2.75, 3.05) is 21.1 Å². The van der Waals surface area contributed by atoms with Gasteiger partial charge in [0, 0.05) is 53.9 Å². The molecular formula is C46H53N3O6Y-2. The van der Waals surface area contributed by atoms with Crippen LogP contribution in [0.15, 0.2) is 146 Å². The molecule has 0 aromatic heterocycles. The molecule has 5 aromatic rings. The van der Waals surface area contributed by atoms with E-state index in [4.69, 9.17) is 0 Å². The molecular weight excluding hydrogens is 779 g/mol. The Hall–Kier alpha value is -5.38. The van der Waals surface area contributed by atoms with Gasteiger partial charge in [0.15, 0.2) is 0 Å². The normalized spacial score (nSPS) is 11.9. The minimum Gasteiger partial charge on any atom is -0.358 e. The van der Waals surface area contributed by atoms with Gasteiger partial charge in [-0.25, -0.2) is 0 Å². The Labute approximate surface area is 358 Å². The van der Waals surface area contributed by atoms with E-state index in [1.54, 1.807) is 72.8 Å². The summed E-state index contributed by atoms with van der Waals surface area (Å²) < 4.78 is 0. The molecule has 0 bridgehead atoms. The average molecular weight is 833 g/mol. The second-order valence-corrected chi connectivity index (χ2v) is 11.2. The van der Waals surface area contributed by atoms with E-state index >= 15 is 0 Å². The van der Waals surface area contributed by atoms with Crippen molar-refractivity contribution in [1.82, 2.24) is 14.7 Å². The topological polar surface area (TPSA) is 112 Å². The van der Waals surface area contributed by atoms with E-state index in [0.29, 0.717) is 33.4 Å². The number of nitrogens with zero attached hydrogens (tertiary/aromatic N) is 3. The third-order valence-electron chi connectivity index (χ3n) is 7.32. The molecule has 10 heteroatoms. The number of hydrogen-bond acceptors (Lipinski definition) is 6. The van der Waals surface area contributed by atoms with Gasteiger partial charge in [0.05, 0.1) is 33.4 Å². The Balaban J connectivity index is 0. The first-order valence-electron chi connectivity index (χ1n) is 17.3. The molecule has 3 aliphatic heterocycles. The molecule has 0 spiro atoms. The fourth-order valence-electron chi connectivity index (χ4n) is 4.70. The second-order valence-electron chi connectivity index (χ2n) is 11.2. The first-order chi connectivity index (χ1) is 25.6. The molecule has 8 rings (SSSR count). The summed E-state index contributed by atoms with van der Waals surface area (Å²) in [6.45, 7) is 8.25. The van der Waals surface area contributed by atoms with Crippen LogP contribution in [0, 0.1) is 14.9 Å². The Kier molecular flexibility index (Phi) is 26.5. The van der Waals surface area contributed by atoms with Gasteiger partial charge in [0.25, 0.3) is 35.4 Å². The molecule has 293 valence electrons. The molecule has 3 aliphatic rings. The van der Waals surface area contributed by atoms with Crippen LogP contribution in [0.1, 0.15) is 96.3 Å². The number of amides is 6. The Morgan fingerprint density at radius 1 is 0.321 bits per heavy atom. The summed E-state index contributed by atoms with van der Waals surface area (Å²) in [5.74, 6) is -1.27. The van der Waals surface area contributed by atoms with Gasteiger partial charge in [-0.15, -0.1) is 0 Å². The number of carbonyl (C=O) groups is 6. The maximum atomic E-state index is 11.3. The van der Waals surface area contributed by atoms with Crippen molar-refractivity contribution in [3.63, 3.8) is 0 Å². The summed E-state index contributed by atoms with van der Waals surface area (Å²) in [5.41, 5.74) is 3.03. The second kappa shape index (κ2) is 28.1. The van der Waals surface area contributed by atoms with E-state index < -0.39 is 0 Å². The van der Waals surface area contributed by atoms with E-state index in [9.17, 15) is 28.8 Å². The van der Waals surface area contributed by atoms with Crippen LogP contribution in [0.4, 0.5) is 0 Å². The van der Waals surface area contributed by atoms with Gasteiger partial charge in [-0.2, -0.15) is 0 Å². The van der Waals surface area contributed by atoms with Gasteiger partial charge in [-0.3, -0.25) is 43.5 Å². The maximum absolute atomic E-state index is 11.3. The first-order valence-corrected chi connectivity index (χ1v) is 17.3. The van der Waals surface area contributed by atoms with Crippen molar-refractivity contribution in [3.8, 4) is 0 Å². The van der Waals surface area contributed by atoms with Crippen LogP contribution in [0.3, 0.4) is 0 Å². The standard InChI is InChI=1S/3C9H7NO2.2C6H6.C3H8.C2H6.2CH3.Y/c3*1-10-8(11)6-4-2-3-5-7(6)9(10)12;2*1-2-4-6-5-3-1;1-3-2;1-2;;;/h3*2-5H,1H3;2*1-6H;3H2,1-2H3;1-2H3;2*1H3;/q;;;;;;;2*-1;. The monoisotopic (exact) mass is 832 g/mol. The molecule has 0 saturated heterocycles.